The summed E-state index contributed by atoms with van der Waals surface area (Å²) in [7, 11) is -3.89. The highest BCUT2D eigenvalue weighted by molar-refractivity contribution is 7.89. The Labute approximate surface area is 159 Å². The Morgan fingerprint density at radius 1 is 1.22 bits per heavy atom. The van der Waals surface area contributed by atoms with Gasteiger partial charge in [0.05, 0.1) is 28.5 Å². The normalized spacial score (nSPS) is 15.4. The molecule has 0 N–H and O–H groups in total. The van der Waals surface area contributed by atoms with Crippen LogP contribution in [-0.2, 0) is 19.5 Å². The van der Waals surface area contributed by atoms with E-state index in [9.17, 15) is 22.4 Å². The third-order valence-electron chi connectivity index (χ3n) is 3.90. The summed E-state index contributed by atoms with van der Waals surface area (Å²) in [5, 5.41) is 1.70. The second-order valence-corrected chi connectivity index (χ2v) is 8.52. The predicted molar refractivity (Wildman–Crippen MR) is 94.9 cm³/mol. The molecule has 0 saturated carbocycles. The number of ether oxygens (including phenoxy) is 2. The van der Waals surface area contributed by atoms with Crippen LogP contribution in [0.15, 0.2) is 40.6 Å². The van der Waals surface area contributed by atoms with Gasteiger partial charge in [0, 0.05) is 13.1 Å². The van der Waals surface area contributed by atoms with E-state index >= 15 is 0 Å². The Kier molecular flexibility index (Phi) is 6.00. The Morgan fingerprint density at radius 3 is 2.63 bits per heavy atom. The highest BCUT2D eigenvalue weighted by Crippen LogP contribution is 2.21. The molecule has 1 saturated heterocycles. The van der Waals surface area contributed by atoms with Crippen molar-refractivity contribution in [1.29, 1.82) is 0 Å². The van der Waals surface area contributed by atoms with Gasteiger partial charge in [-0.2, -0.15) is 4.31 Å². The summed E-state index contributed by atoms with van der Waals surface area (Å²) in [5.74, 6) is -2.45. The molecule has 2 aromatic rings. The standard InChI is InChI=1S/C17H16FNO6S2/c18-14-4-3-12(27(22,23)19-5-7-24-8-6-19)10-13(14)17(21)25-11-15(20)16-2-1-9-26-16/h1-4,9-10H,5-8,11H2. The Hall–Kier alpha value is -2.14. The van der Waals surface area contributed by atoms with Gasteiger partial charge in [-0.1, -0.05) is 6.07 Å². The van der Waals surface area contributed by atoms with Crippen LogP contribution in [0, 0.1) is 5.82 Å². The van der Waals surface area contributed by atoms with E-state index < -0.39 is 39.8 Å². The smallest absolute Gasteiger partial charge is 0.341 e. The van der Waals surface area contributed by atoms with Gasteiger partial charge in [-0.25, -0.2) is 17.6 Å². The average molecular weight is 413 g/mol. The summed E-state index contributed by atoms with van der Waals surface area (Å²) >= 11 is 1.19. The molecule has 0 bridgehead atoms. The van der Waals surface area contributed by atoms with Gasteiger partial charge in [-0.05, 0) is 29.6 Å². The Balaban J connectivity index is 1.76. The van der Waals surface area contributed by atoms with Gasteiger partial charge in [-0.15, -0.1) is 11.3 Å². The van der Waals surface area contributed by atoms with Crippen LogP contribution >= 0.6 is 11.3 Å². The van der Waals surface area contributed by atoms with Gasteiger partial charge >= 0.3 is 5.97 Å². The number of hydrogen-bond donors (Lipinski definition) is 0. The number of thiophene rings is 1. The minimum Gasteiger partial charge on any atom is -0.454 e. The number of halogens is 1. The second-order valence-electron chi connectivity index (χ2n) is 5.63. The summed E-state index contributed by atoms with van der Waals surface area (Å²) < 4.78 is 50.5. The lowest BCUT2D eigenvalue weighted by atomic mass is 10.2. The maximum atomic E-state index is 14.0. The van der Waals surface area contributed by atoms with E-state index in [1.807, 2.05) is 0 Å². The largest absolute Gasteiger partial charge is 0.454 e. The van der Waals surface area contributed by atoms with Crippen LogP contribution < -0.4 is 0 Å². The van der Waals surface area contributed by atoms with E-state index in [1.165, 1.54) is 15.6 Å². The first-order valence-corrected chi connectivity index (χ1v) is 10.3. The number of Topliss-reactive ketones (excluding diaryl/α,β-unsaturated/α-hetero) is 1. The molecule has 0 spiro atoms. The monoisotopic (exact) mass is 413 g/mol. The molecule has 7 nitrogen and oxygen atoms in total. The summed E-state index contributed by atoms with van der Waals surface area (Å²) in [4.78, 5) is 24.2. The molecule has 0 unspecified atom stereocenters. The van der Waals surface area contributed by atoms with Crippen molar-refractivity contribution in [2.45, 2.75) is 4.90 Å². The molecule has 1 aliphatic heterocycles. The van der Waals surface area contributed by atoms with Gasteiger partial charge in [0.1, 0.15) is 5.82 Å². The number of morpholine rings is 1. The van der Waals surface area contributed by atoms with Crippen LogP contribution in [-0.4, -0.2) is 57.4 Å². The van der Waals surface area contributed by atoms with E-state index in [-0.39, 0.29) is 31.2 Å². The molecular weight excluding hydrogens is 397 g/mol. The first kappa shape index (κ1) is 19.6. The number of carbonyl (C=O) groups is 2. The van der Waals surface area contributed by atoms with Crippen LogP contribution in [0.5, 0.6) is 0 Å². The number of rotatable bonds is 6. The van der Waals surface area contributed by atoms with Crippen LogP contribution in [0.1, 0.15) is 20.0 Å². The molecule has 1 aliphatic rings. The summed E-state index contributed by atoms with van der Waals surface area (Å²) in [6, 6.07) is 6.17. The van der Waals surface area contributed by atoms with Gasteiger partial charge < -0.3 is 9.47 Å². The Morgan fingerprint density at radius 2 is 1.96 bits per heavy atom. The van der Waals surface area contributed by atoms with Crippen LogP contribution in [0.4, 0.5) is 4.39 Å². The minimum absolute atomic E-state index is 0.175. The third kappa shape index (κ3) is 4.41. The summed E-state index contributed by atoms with van der Waals surface area (Å²) in [6.07, 6.45) is 0. The van der Waals surface area contributed by atoms with Crippen LogP contribution in [0.3, 0.4) is 0 Å². The minimum atomic E-state index is -3.89. The summed E-state index contributed by atoms with van der Waals surface area (Å²) in [6.45, 7) is 0.323. The summed E-state index contributed by atoms with van der Waals surface area (Å²) in [5.41, 5.74) is -0.539. The highest BCUT2D eigenvalue weighted by atomic mass is 32.2. The van der Waals surface area contributed by atoms with E-state index in [1.54, 1.807) is 17.5 Å². The van der Waals surface area contributed by atoms with E-state index in [0.717, 1.165) is 18.2 Å². The maximum Gasteiger partial charge on any atom is 0.341 e. The molecule has 3 rings (SSSR count). The number of sulfonamides is 1. The molecule has 0 aliphatic carbocycles. The number of carbonyl (C=O) groups excluding carboxylic acids is 2. The SMILES string of the molecule is O=C(COC(=O)c1cc(S(=O)(=O)N2CCOCC2)ccc1F)c1cccs1. The average Bonchev–Trinajstić information content (AvgIpc) is 3.21. The fraction of sp³-hybridized carbons (Fsp3) is 0.294. The lowest BCUT2D eigenvalue weighted by Crippen LogP contribution is -2.40. The molecule has 1 aromatic carbocycles. The lowest BCUT2D eigenvalue weighted by Gasteiger charge is -2.26. The van der Waals surface area contributed by atoms with Crippen molar-refractivity contribution in [3.8, 4) is 0 Å². The predicted octanol–water partition coefficient (Wildman–Crippen LogP) is 1.95. The first-order chi connectivity index (χ1) is 12.9. The fourth-order valence-corrected chi connectivity index (χ4v) is 4.56. The third-order valence-corrected chi connectivity index (χ3v) is 6.70. The van der Waals surface area contributed by atoms with Gasteiger partial charge in [0.15, 0.2) is 6.61 Å². The number of benzene rings is 1. The molecule has 1 aromatic heterocycles. The van der Waals surface area contributed by atoms with Crippen molar-refractivity contribution in [3.63, 3.8) is 0 Å². The topological polar surface area (TPSA) is 90.0 Å². The van der Waals surface area contributed by atoms with Crippen molar-refractivity contribution in [2.24, 2.45) is 0 Å². The van der Waals surface area contributed by atoms with Crippen molar-refractivity contribution in [1.82, 2.24) is 4.31 Å². The van der Waals surface area contributed by atoms with Crippen LogP contribution in [0.2, 0.25) is 0 Å². The highest BCUT2D eigenvalue weighted by Gasteiger charge is 2.28. The first-order valence-electron chi connectivity index (χ1n) is 8.01. The number of ketones is 1. The lowest BCUT2D eigenvalue weighted by molar-refractivity contribution is 0.0471. The Bertz CT molecular complexity index is 936. The molecular formula is C17H16FNO6S2. The number of hydrogen-bond acceptors (Lipinski definition) is 7. The second kappa shape index (κ2) is 8.26. The van der Waals surface area contributed by atoms with E-state index in [0.29, 0.717) is 4.88 Å². The van der Waals surface area contributed by atoms with Crippen LogP contribution in [0.25, 0.3) is 0 Å². The van der Waals surface area contributed by atoms with E-state index in [2.05, 4.69) is 0 Å². The molecule has 0 atom stereocenters. The zero-order valence-electron chi connectivity index (χ0n) is 14.1. The zero-order chi connectivity index (χ0) is 19.4. The molecule has 2 heterocycles. The van der Waals surface area contributed by atoms with Gasteiger partial charge in [0.25, 0.3) is 0 Å². The molecule has 0 radical (unpaired) electrons. The van der Waals surface area contributed by atoms with Gasteiger partial charge in [-0.3, -0.25) is 4.79 Å². The van der Waals surface area contributed by atoms with Crippen molar-refractivity contribution < 1.29 is 31.9 Å². The molecule has 10 heteroatoms. The maximum absolute atomic E-state index is 14.0. The molecule has 144 valence electrons. The number of nitrogens with zero attached hydrogens (tertiary/aromatic N) is 1. The quantitative estimate of drug-likeness (QED) is 0.531. The fourth-order valence-electron chi connectivity index (χ4n) is 2.47. The van der Waals surface area contributed by atoms with Crippen molar-refractivity contribution >= 4 is 33.1 Å². The van der Waals surface area contributed by atoms with E-state index in [4.69, 9.17) is 9.47 Å². The molecule has 0 amide bonds. The van der Waals surface area contributed by atoms with Crippen molar-refractivity contribution in [2.75, 3.05) is 32.9 Å². The molecule has 27 heavy (non-hydrogen) atoms. The molecule has 1 fully saturated rings. The zero-order valence-corrected chi connectivity index (χ0v) is 15.7. The van der Waals surface area contributed by atoms with Crippen molar-refractivity contribution in [3.05, 3.63) is 52.0 Å². The number of esters is 1. The van der Waals surface area contributed by atoms with Gasteiger partial charge in [0.2, 0.25) is 15.8 Å².